The molecule has 0 spiro atoms. The highest BCUT2D eigenvalue weighted by molar-refractivity contribution is 5.75. The molecule has 3 nitrogen and oxygen atoms in total. The van der Waals surface area contributed by atoms with Gasteiger partial charge < -0.3 is 10.1 Å². The normalized spacial score (nSPS) is 14.2. The second kappa shape index (κ2) is 5.35. The van der Waals surface area contributed by atoms with Crippen molar-refractivity contribution in [3.8, 4) is 0 Å². The number of hydrogen-bond acceptors (Lipinski definition) is 3. The van der Waals surface area contributed by atoms with E-state index in [0.29, 0.717) is 12.6 Å². The van der Waals surface area contributed by atoms with E-state index in [9.17, 15) is 4.79 Å². The summed E-state index contributed by atoms with van der Waals surface area (Å²) in [6.07, 6.45) is 0. The van der Waals surface area contributed by atoms with Gasteiger partial charge in [0.2, 0.25) is 0 Å². The average Bonchev–Trinajstić information content (AvgIpc) is 1.97. The number of carbonyl (C=O) groups is 1. The molecule has 0 unspecified atom stereocenters. The number of carbonyl (C=O) groups excluding carboxylic acids is 1. The van der Waals surface area contributed by atoms with E-state index in [0.717, 1.165) is 0 Å². The molecule has 0 aromatic heterocycles. The molecule has 14 heavy (non-hydrogen) atoms. The van der Waals surface area contributed by atoms with Gasteiger partial charge in [-0.05, 0) is 12.3 Å². The quantitative estimate of drug-likeness (QED) is 0.707. The molecule has 0 aliphatic rings. The van der Waals surface area contributed by atoms with Crippen LogP contribution in [0.5, 0.6) is 0 Å². The van der Waals surface area contributed by atoms with Crippen molar-refractivity contribution in [2.75, 3.05) is 6.61 Å². The van der Waals surface area contributed by atoms with Gasteiger partial charge in [0.15, 0.2) is 0 Å². The molecule has 84 valence electrons. The molecule has 0 rings (SSSR count). The van der Waals surface area contributed by atoms with Crippen molar-refractivity contribution >= 4 is 5.97 Å². The molecule has 0 radical (unpaired) electrons. The highest BCUT2D eigenvalue weighted by Gasteiger charge is 2.18. The van der Waals surface area contributed by atoms with Gasteiger partial charge in [0.05, 0.1) is 6.61 Å². The van der Waals surface area contributed by atoms with Crippen LogP contribution in [0.4, 0.5) is 0 Å². The highest BCUT2D eigenvalue weighted by atomic mass is 16.5. The summed E-state index contributed by atoms with van der Waals surface area (Å²) in [4.78, 5) is 11.4. The molecular formula is C11H23NO2. The van der Waals surface area contributed by atoms with Crippen LogP contribution in [0.25, 0.3) is 0 Å². The zero-order valence-corrected chi connectivity index (χ0v) is 10.2. The largest absolute Gasteiger partial charge is 0.464 e. The summed E-state index contributed by atoms with van der Waals surface area (Å²) in [5.74, 6) is -0.173. The number of hydrogen-bond donors (Lipinski definition) is 1. The minimum atomic E-state index is -0.225. The monoisotopic (exact) mass is 201 g/mol. The van der Waals surface area contributed by atoms with Crippen LogP contribution in [0.15, 0.2) is 0 Å². The van der Waals surface area contributed by atoms with E-state index in [4.69, 9.17) is 4.74 Å². The van der Waals surface area contributed by atoms with Crippen LogP contribution >= 0.6 is 0 Å². The third-order valence-corrected chi connectivity index (χ3v) is 1.58. The molecule has 0 saturated carbocycles. The second-order valence-electron chi connectivity index (χ2n) is 5.21. The van der Waals surface area contributed by atoms with Gasteiger partial charge >= 0.3 is 5.97 Å². The highest BCUT2D eigenvalue weighted by Crippen LogP contribution is 2.13. The lowest BCUT2D eigenvalue weighted by Crippen LogP contribution is -2.40. The molecule has 1 N–H and O–H groups in total. The Morgan fingerprint density at radius 2 is 1.79 bits per heavy atom. The Morgan fingerprint density at radius 1 is 1.29 bits per heavy atom. The molecule has 0 fully saturated rings. The SMILES string of the molecule is CC(C)N[C@H](C)C(=O)OCC(C)(C)C. The average molecular weight is 201 g/mol. The molecular weight excluding hydrogens is 178 g/mol. The van der Waals surface area contributed by atoms with E-state index in [-0.39, 0.29) is 17.4 Å². The lowest BCUT2D eigenvalue weighted by molar-refractivity contribution is -0.148. The minimum Gasteiger partial charge on any atom is -0.464 e. The first-order valence-corrected chi connectivity index (χ1v) is 5.15. The van der Waals surface area contributed by atoms with E-state index < -0.39 is 0 Å². The van der Waals surface area contributed by atoms with Gasteiger partial charge in [0, 0.05) is 6.04 Å². The van der Waals surface area contributed by atoms with Crippen molar-refractivity contribution in [3.05, 3.63) is 0 Å². The molecule has 0 aliphatic heterocycles. The van der Waals surface area contributed by atoms with Crippen LogP contribution in [0, 0.1) is 5.41 Å². The Bertz CT molecular complexity index is 182. The lowest BCUT2D eigenvalue weighted by atomic mass is 9.99. The zero-order valence-electron chi connectivity index (χ0n) is 10.2. The van der Waals surface area contributed by atoms with Gasteiger partial charge in [-0.1, -0.05) is 34.6 Å². The molecule has 0 amide bonds. The maximum atomic E-state index is 11.4. The van der Waals surface area contributed by atoms with Crippen LogP contribution in [0.1, 0.15) is 41.5 Å². The summed E-state index contributed by atoms with van der Waals surface area (Å²) in [6.45, 7) is 12.4. The van der Waals surface area contributed by atoms with E-state index in [1.807, 2.05) is 41.5 Å². The van der Waals surface area contributed by atoms with Crippen LogP contribution in [-0.2, 0) is 9.53 Å². The number of ether oxygens (including phenoxy) is 1. The topological polar surface area (TPSA) is 38.3 Å². The third-order valence-electron chi connectivity index (χ3n) is 1.58. The van der Waals surface area contributed by atoms with Gasteiger partial charge in [0.1, 0.15) is 6.04 Å². The Kier molecular flexibility index (Phi) is 5.13. The lowest BCUT2D eigenvalue weighted by Gasteiger charge is -2.21. The third kappa shape index (κ3) is 6.89. The first-order chi connectivity index (χ1) is 6.22. The fourth-order valence-corrected chi connectivity index (χ4v) is 0.981. The first-order valence-electron chi connectivity index (χ1n) is 5.15. The molecule has 0 aromatic carbocycles. The molecule has 0 bridgehead atoms. The maximum absolute atomic E-state index is 11.4. The van der Waals surface area contributed by atoms with Crippen molar-refractivity contribution < 1.29 is 9.53 Å². The summed E-state index contributed by atoms with van der Waals surface area (Å²) in [7, 11) is 0. The van der Waals surface area contributed by atoms with Crippen LogP contribution in [0.3, 0.4) is 0 Å². The Labute approximate surface area is 87.2 Å². The number of rotatable bonds is 4. The molecule has 0 saturated heterocycles. The Hall–Kier alpha value is -0.570. The van der Waals surface area contributed by atoms with Gasteiger partial charge in [-0.3, -0.25) is 4.79 Å². The summed E-state index contributed by atoms with van der Waals surface area (Å²) in [5.41, 5.74) is 0.0349. The zero-order chi connectivity index (χ0) is 11.4. The standard InChI is InChI=1S/C11H23NO2/c1-8(2)12-9(3)10(13)14-7-11(4,5)6/h8-9,12H,7H2,1-6H3/t9-/m1/s1. The number of nitrogens with one attached hydrogen (secondary N) is 1. The summed E-state index contributed by atoms with van der Waals surface area (Å²) >= 11 is 0. The van der Waals surface area contributed by atoms with Crippen molar-refractivity contribution in [2.45, 2.75) is 53.6 Å². The molecule has 1 atom stereocenters. The minimum absolute atomic E-state index is 0.0349. The van der Waals surface area contributed by atoms with Gasteiger partial charge in [0.25, 0.3) is 0 Å². The summed E-state index contributed by atoms with van der Waals surface area (Å²) in [5, 5.41) is 3.10. The van der Waals surface area contributed by atoms with E-state index >= 15 is 0 Å². The van der Waals surface area contributed by atoms with Gasteiger partial charge in [-0.25, -0.2) is 0 Å². The van der Waals surface area contributed by atoms with Crippen molar-refractivity contribution in [1.82, 2.24) is 5.32 Å². The van der Waals surface area contributed by atoms with Crippen LogP contribution < -0.4 is 5.32 Å². The van der Waals surface area contributed by atoms with E-state index in [1.165, 1.54) is 0 Å². The molecule has 3 heteroatoms. The Balaban J connectivity index is 3.85. The van der Waals surface area contributed by atoms with Crippen molar-refractivity contribution in [1.29, 1.82) is 0 Å². The maximum Gasteiger partial charge on any atom is 0.322 e. The summed E-state index contributed by atoms with van der Waals surface area (Å²) < 4.78 is 5.17. The van der Waals surface area contributed by atoms with E-state index in [2.05, 4.69) is 5.32 Å². The fourth-order valence-electron chi connectivity index (χ4n) is 0.981. The van der Waals surface area contributed by atoms with Crippen LogP contribution in [-0.4, -0.2) is 24.7 Å². The van der Waals surface area contributed by atoms with Crippen LogP contribution in [0.2, 0.25) is 0 Å². The fraction of sp³-hybridized carbons (Fsp3) is 0.909. The molecule has 0 aromatic rings. The molecule has 0 heterocycles. The predicted molar refractivity (Wildman–Crippen MR) is 58.1 cm³/mol. The van der Waals surface area contributed by atoms with Gasteiger partial charge in [-0.15, -0.1) is 0 Å². The molecule has 0 aliphatic carbocycles. The van der Waals surface area contributed by atoms with Gasteiger partial charge in [-0.2, -0.15) is 0 Å². The summed E-state index contributed by atoms with van der Waals surface area (Å²) in [6, 6.07) is 0.0736. The predicted octanol–water partition coefficient (Wildman–Crippen LogP) is 1.96. The second-order valence-corrected chi connectivity index (χ2v) is 5.21. The van der Waals surface area contributed by atoms with Crippen molar-refractivity contribution in [3.63, 3.8) is 0 Å². The number of esters is 1. The van der Waals surface area contributed by atoms with Crippen molar-refractivity contribution in [2.24, 2.45) is 5.41 Å². The smallest absolute Gasteiger partial charge is 0.322 e. The Morgan fingerprint density at radius 3 is 2.14 bits per heavy atom. The van der Waals surface area contributed by atoms with E-state index in [1.54, 1.807) is 0 Å². The first kappa shape index (κ1) is 13.4.